The van der Waals surface area contributed by atoms with Crippen molar-refractivity contribution in [1.29, 1.82) is 0 Å². The normalized spacial score (nSPS) is 47.0. The second-order valence-corrected chi connectivity index (χ2v) is 4.02. The zero-order chi connectivity index (χ0) is 9.80. The Balaban J connectivity index is 2.24. The molecule has 3 aliphatic rings. The Labute approximate surface area is 74.5 Å². The van der Waals surface area contributed by atoms with Gasteiger partial charge in [0.1, 0.15) is 5.54 Å². The molecular formula is C8H11NO4. The summed E-state index contributed by atoms with van der Waals surface area (Å²) in [5.41, 5.74) is 4.37. The maximum Gasteiger partial charge on any atom is 0.324 e. The van der Waals surface area contributed by atoms with Crippen LogP contribution in [0.3, 0.4) is 0 Å². The van der Waals surface area contributed by atoms with Crippen LogP contribution in [0.2, 0.25) is 0 Å². The lowest BCUT2D eigenvalue weighted by Gasteiger charge is -2.35. The van der Waals surface area contributed by atoms with Gasteiger partial charge < -0.3 is 15.9 Å². The molecule has 5 nitrogen and oxygen atoms in total. The van der Waals surface area contributed by atoms with Gasteiger partial charge in [0.25, 0.3) is 0 Å². The average molecular weight is 185 g/mol. The van der Waals surface area contributed by atoms with Crippen LogP contribution in [0.1, 0.15) is 12.8 Å². The molecule has 3 fully saturated rings. The predicted octanol–water partition coefficient (Wildman–Crippen LogP) is -0.491. The van der Waals surface area contributed by atoms with Crippen molar-refractivity contribution in [2.45, 2.75) is 18.4 Å². The maximum absolute atomic E-state index is 10.8. The summed E-state index contributed by atoms with van der Waals surface area (Å²) >= 11 is 0. The van der Waals surface area contributed by atoms with Crippen molar-refractivity contribution in [3.8, 4) is 0 Å². The van der Waals surface area contributed by atoms with Gasteiger partial charge in [0, 0.05) is 5.92 Å². The SMILES string of the molecule is N[C@@]1(C(=O)O)C[C@@H]2C[C@H]1[C@H]2C(=O)O. The molecule has 0 aromatic rings. The van der Waals surface area contributed by atoms with Gasteiger partial charge in [0.15, 0.2) is 0 Å². The highest BCUT2D eigenvalue weighted by Crippen LogP contribution is 2.58. The molecule has 0 spiro atoms. The number of carboxylic acid groups (broad SMARTS) is 2. The highest BCUT2D eigenvalue weighted by molar-refractivity contribution is 5.84. The lowest BCUT2D eigenvalue weighted by Crippen LogP contribution is -2.53. The molecule has 0 radical (unpaired) electrons. The Morgan fingerprint density at radius 1 is 1.38 bits per heavy atom. The van der Waals surface area contributed by atoms with E-state index >= 15 is 0 Å². The third kappa shape index (κ3) is 0.848. The Hall–Kier alpha value is -1.10. The standard InChI is InChI=1S/C8H11NO4/c9-8(7(12)13)2-3-1-4(8)5(3)6(10)11/h3-5H,1-2,9H2,(H,10,11)(H,12,13)/t3-,4-,5-,8-/m0/s1. The summed E-state index contributed by atoms with van der Waals surface area (Å²) < 4.78 is 0. The molecule has 0 aliphatic heterocycles. The molecule has 0 aromatic carbocycles. The minimum absolute atomic E-state index is 0.0244. The molecule has 0 saturated heterocycles. The number of carbonyl (C=O) groups is 2. The highest BCUT2D eigenvalue weighted by Gasteiger charge is 2.66. The Kier molecular flexibility index (Phi) is 1.46. The van der Waals surface area contributed by atoms with Crippen molar-refractivity contribution >= 4 is 11.9 Å². The van der Waals surface area contributed by atoms with E-state index < -0.39 is 23.4 Å². The monoisotopic (exact) mass is 185 g/mol. The van der Waals surface area contributed by atoms with E-state index in [0.717, 1.165) is 0 Å². The van der Waals surface area contributed by atoms with Gasteiger partial charge >= 0.3 is 11.9 Å². The molecule has 4 atom stereocenters. The second-order valence-electron chi connectivity index (χ2n) is 4.02. The van der Waals surface area contributed by atoms with Crippen LogP contribution in [-0.4, -0.2) is 27.7 Å². The van der Waals surface area contributed by atoms with Gasteiger partial charge in [-0.05, 0) is 18.8 Å². The molecule has 0 unspecified atom stereocenters. The van der Waals surface area contributed by atoms with E-state index in [1.165, 1.54) is 0 Å². The fourth-order valence-corrected chi connectivity index (χ4v) is 2.70. The molecule has 0 aromatic heterocycles. The van der Waals surface area contributed by atoms with Crippen LogP contribution >= 0.6 is 0 Å². The second kappa shape index (κ2) is 2.23. The number of aliphatic carboxylic acids is 2. The number of hydrogen-bond donors (Lipinski definition) is 3. The first-order valence-electron chi connectivity index (χ1n) is 4.22. The topological polar surface area (TPSA) is 101 Å². The van der Waals surface area contributed by atoms with Crippen LogP contribution < -0.4 is 5.73 Å². The van der Waals surface area contributed by atoms with E-state index in [1.807, 2.05) is 0 Å². The summed E-state index contributed by atoms with van der Waals surface area (Å²) in [6.45, 7) is 0. The Morgan fingerprint density at radius 3 is 2.31 bits per heavy atom. The molecule has 4 N–H and O–H groups in total. The van der Waals surface area contributed by atoms with Gasteiger partial charge in [-0.3, -0.25) is 9.59 Å². The molecule has 3 aliphatic carbocycles. The quantitative estimate of drug-likeness (QED) is 0.539. The number of hydrogen-bond acceptors (Lipinski definition) is 3. The summed E-state index contributed by atoms with van der Waals surface area (Å²) in [5, 5.41) is 17.6. The minimum atomic E-state index is -1.28. The lowest BCUT2D eigenvalue weighted by atomic mass is 9.69. The Morgan fingerprint density at radius 2 is 2.00 bits per heavy atom. The molecule has 72 valence electrons. The molecule has 3 saturated carbocycles. The van der Waals surface area contributed by atoms with Gasteiger partial charge in [0.2, 0.25) is 0 Å². The van der Waals surface area contributed by atoms with Gasteiger partial charge in [0.05, 0.1) is 5.92 Å². The third-order valence-corrected chi connectivity index (χ3v) is 3.44. The molecule has 5 heteroatoms. The number of nitrogens with two attached hydrogens (primary N) is 1. The zero-order valence-corrected chi connectivity index (χ0v) is 6.93. The highest BCUT2D eigenvalue weighted by atomic mass is 16.4. The van der Waals surface area contributed by atoms with E-state index in [-0.39, 0.29) is 11.8 Å². The molecule has 3 rings (SSSR count). The lowest BCUT2D eigenvalue weighted by molar-refractivity contribution is -0.152. The molecule has 13 heavy (non-hydrogen) atoms. The van der Waals surface area contributed by atoms with Crippen LogP contribution in [0, 0.1) is 17.8 Å². The molecular weight excluding hydrogens is 174 g/mol. The molecule has 2 bridgehead atoms. The van der Waals surface area contributed by atoms with E-state index in [4.69, 9.17) is 15.9 Å². The van der Waals surface area contributed by atoms with Crippen molar-refractivity contribution in [3.63, 3.8) is 0 Å². The van der Waals surface area contributed by atoms with Crippen LogP contribution in [0.25, 0.3) is 0 Å². The number of rotatable bonds is 2. The minimum Gasteiger partial charge on any atom is -0.481 e. The van der Waals surface area contributed by atoms with Crippen LogP contribution in [-0.2, 0) is 9.59 Å². The van der Waals surface area contributed by atoms with Crippen molar-refractivity contribution < 1.29 is 19.8 Å². The third-order valence-electron chi connectivity index (χ3n) is 3.44. The summed E-state index contributed by atoms with van der Waals surface area (Å²) in [6.07, 6.45) is 0.962. The summed E-state index contributed by atoms with van der Waals surface area (Å²) in [5.74, 6) is -2.89. The van der Waals surface area contributed by atoms with E-state index in [1.54, 1.807) is 0 Å². The van der Waals surface area contributed by atoms with Crippen LogP contribution in [0.5, 0.6) is 0 Å². The van der Waals surface area contributed by atoms with E-state index in [0.29, 0.717) is 12.8 Å². The summed E-state index contributed by atoms with van der Waals surface area (Å²) in [6, 6.07) is 0. The molecule has 0 heterocycles. The van der Waals surface area contributed by atoms with Gasteiger partial charge in [-0.25, -0.2) is 0 Å². The van der Waals surface area contributed by atoms with Gasteiger partial charge in [-0.15, -0.1) is 0 Å². The van der Waals surface area contributed by atoms with Gasteiger partial charge in [-0.2, -0.15) is 0 Å². The van der Waals surface area contributed by atoms with Crippen LogP contribution in [0.4, 0.5) is 0 Å². The number of fused-ring (bicyclic) bond motifs is 1. The van der Waals surface area contributed by atoms with E-state index in [9.17, 15) is 9.59 Å². The maximum atomic E-state index is 10.8. The van der Waals surface area contributed by atoms with Crippen molar-refractivity contribution in [2.75, 3.05) is 0 Å². The first-order valence-corrected chi connectivity index (χ1v) is 4.22. The first-order chi connectivity index (χ1) is 5.97. The van der Waals surface area contributed by atoms with Crippen LogP contribution in [0.15, 0.2) is 0 Å². The predicted molar refractivity (Wildman–Crippen MR) is 41.9 cm³/mol. The summed E-state index contributed by atoms with van der Waals surface area (Å²) in [4.78, 5) is 21.5. The fraction of sp³-hybridized carbons (Fsp3) is 0.750. The first kappa shape index (κ1) is 8.50. The number of carboxylic acids is 2. The van der Waals surface area contributed by atoms with Crippen molar-refractivity contribution in [3.05, 3.63) is 0 Å². The van der Waals surface area contributed by atoms with E-state index in [2.05, 4.69) is 0 Å². The Bertz CT molecular complexity index is 290. The van der Waals surface area contributed by atoms with Gasteiger partial charge in [-0.1, -0.05) is 0 Å². The largest absolute Gasteiger partial charge is 0.481 e. The zero-order valence-electron chi connectivity index (χ0n) is 6.93. The molecule has 0 amide bonds. The summed E-state index contributed by atoms with van der Waals surface area (Å²) in [7, 11) is 0. The van der Waals surface area contributed by atoms with Crippen molar-refractivity contribution in [1.82, 2.24) is 0 Å². The smallest absolute Gasteiger partial charge is 0.324 e. The average Bonchev–Trinajstić information content (AvgIpc) is 2.38. The van der Waals surface area contributed by atoms with Crippen molar-refractivity contribution in [2.24, 2.45) is 23.5 Å². The fourth-order valence-electron chi connectivity index (χ4n) is 2.70.